The third-order valence-corrected chi connectivity index (χ3v) is 2.04. The van der Waals surface area contributed by atoms with Crippen LogP contribution in [0.15, 0.2) is 61.2 Å². The van der Waals surface area contributed by atoms with Crippen LogP contribution in [-0.4, -0.2) is 0 Å². The Balaban J connectivity index is 2.91. The van der Waals surface area contributed by atoms with Gasteiger partial charge in [-0.2, -0.15) is 0 Å². The van der Waals surface area contributed by atoms with Crippen molar-refractivity contribution in [3.63, 3.8) is 0 Å². The van der Waals surface area contributed by atoms with E-state index in [1.165, 1.54) is 11.1 Å². The first kappa shape index (κ1) is 11.3. The predicted octanol–water partition coefficient (Wildman–Crippen LogP) is 4.48. The number of allylic oxidation sites excluding steroid dienone is 4. The Hall–Kier alpha value is -1.82. The summed E-state index contributed by atoms with van der Waals surface area (Å²) in [7, 11) is 0. The Labute approximate surface area is 92.0 Å². The Morgan fingerprint density at radius 1 is 1.20 bits per heavy atom. The molecule has 0 saturated heterocycles. The summed E-state index contributed by atoms with van der Waals surface area (Å²) in [5.41, 5.74) is 3.54. The minimum absolute atomic E-state index is 1.14. The van der Waals surface area contributed by atoms with Gasteiger partial charge in [0.25, 0.3) is 0 Å². The molecule has 0 aliphatic carbocycles. The molecule has 0 N–H and O–H groups in total. The van der Waals surface area contributed by atoms with E-state index in [0.717, 1.165) is 5.56 Å². The summed E-state index contributed by atoms with van der Waals surface area (Å²) in [5.74, 6) is 0. The van der Waals surface area contributed by atoms with Gasteiger partial charge in [0.15, 0.2) is 0 Å². The van der Waals surface area contributed by atoms with Crippen molar-refractivity contribution in [1.82, 2.24) is 0 Å². The summed E-state index contributed by atoms with van der Waals surface area (Å²) in [4.78, 5) is 0. The normalized spacial score (nSPS) is 11.7. The molecule has 0 nitrogen and oxygen atoms in total. The van der Waals surface area contributed by atoms with Crippen molar-refractivity contribution < 1.29 is 0 Å². The van der Waals surface area contributed by atoms with Crippen LogP contribution in [0.2, 0.25) is 0 Å². The quantitative estimate of drug-likeness (QED) is 0.623. The first-order valence-corrected chi connectivity index (χ1v) is 4.96. The van der Waals surface area contributed by atoms with Crippen LogP contribution in [0.1, 0.15) is 18.1 Å². The molecule has 1 aromatic rings. The second-order valence-corrected chi connectivity index (χ2v) is 3.36. The largest absolute Gasteiger partial charge is 0.0991 e. The highest BCUT2D eigenvalue weighted by molar-refractivity contribution is 5.60. The Bertz CT molecular complexity index is 406. The Kier molecular flexibility index (Phi) is 4.36. The Morgan fingerprint density at radius 2 is 1.93 bits per heavy atom. The van der Waals surface area contributed by atoms with Crippen LogP contribution in [0.3, 0.4) is 0 Å². The zero-order valence-electron chi connectivity index (χ0n) is 9.11. The van der Waals surface area contributed by atoms with Crippen molar-refractivity contribution in [2.75, 3.05) is 0 Å². The van der Waals surface area contributed by atoms with Crippen LogP contribution in [-0.2, 0) is 0 Å². The van der Waals surface area contributed by atoms with Crippen molar-refractivity contribution in [2.45, 2.75) is 6.92 Å². The molecule has 0 spiro atoms. The molecular formula is C15H16. The number of benzene rings is 1. The average molecular weight is 196 g/mol. The smallest absolute Gasteiger partial charge is 0.0248 e. The van der Waals surface area contributed by atoms with Crippen molar-refractivity contribution in [3.8, 4) is 0 Å². The highest BCUT2D eigenvalue weighted by atomic mass is 13.9. The predicted molar refractivity (Wildman–Crippen MR) is 69.5 cm³/mol. The van der Waals surface area contributed by atoms with E-state index in [1.54, 1.807) is 6.08 Å². The van der Waals surface area contributed by atoms with Gasteiger partial charge in [0, 0.05) is 0 Å². The maximum absolute atomic E-state index is 3.75. The van der Waals surface area contributed by atoms with E-state index in [1.807, 2.05) is 30.4 Å². The summed E-state index contributed by atoms with van der Waals surface area (Å²) in [6, 6.07) is 8.27. The SMILES string of the molecule is C=C/C=C\C(C)=Cc1cccc(C=C)c1. The third kappa shape index (κ3) is 3.82. The van der Waals surface area contributed by atoms with Gasteiger partial charge in [-0.05, 0) is 24.1 Å². The fourth-order valence-corrected chi connectivity index (χ4v) is 1.31. The summed E-state index contributed by atoms with van der Waals surface area (Å²) in [5, 5.41) is 0. The molecule has 1 aromatic carbocycles. The first-order chi connectivity index (χ1) is 7.26. The van der Waals surface area contributed by atoms with Crippen LogP contribution in [0, 0.1) is 0 Å². The summed E-state index contributed by atoms with van der Waals surface area (Å²) < 4.78 is 0. The maximum atomic E-state index is 3.75. The second kappa shape index (κ2) is 5.82. The maximum Gasteiger partial charge on any atom is -0.0248 e. The van der Waals surface area contributed by atoms with Gasteiger partial charge in [-0.3, -0.25) is 0 Å². The highest BCUT2D eigenvalue weighted by Gasteiger charge is 1.89. The average Bonchev–Trinajstić information content (AvgIpc) is 2.26. The fourth-order valence-electron chi connectivity index (χ4n) is 1.31. The third-order valence-electron chi connectivity index (χ3n) is 2.04. The number of hydrogen-bond donors (Lipinski definition) is 0. The summed E-state index contributed by atoms with van der Waals surface area (Å²) >= 11 is 0. The molecule has 0 heterocycles. The van der Waals surface area contributed by atoms with E-state index in [4.69, 9.17) is 0 Å². The standard InChI is InChI=1S/C15H16/c1-4-6-8-13(3)11-15-10-7-9-14(5-2)12-15/h4-12H,1-2H2,3H3/b8-6-,13-11?. The molecule has 0 aromatic heterocycles. The van der Waals surface area contributed by atoms with Crippen molar-refractivity contribution in [3.05, 3.63) is 72.4 Å². The molecule has 0 unspecified atom stereocenters. The van der Waals surface area contributed by atoms with Gasteiger partial charge in [-0.25, -0.2) is 0 Å². The lowest BCUT2D eigenvalue weighted by molar-refractivity contribution is 1.53. The second-order valence-electron chi connectivity index (χ2n) is 3.36. The lowest BCUT2D eigenvalue weighted by atomic mass is 10.1. The van der Waals surface area contributed by atoms with Crippen LogP contribution in [0.4, 0.5) is 0 Å². The molecule has 0 aliphatic rings. The molecule has 0 amide bonds. The molecule has 0 heteroatoms. The zero-order valence-corrected chi connectivity index (χ0v) is 9.11. The van der Waals surface area contributed by atoms with Gasteiger partial charge >= 0.3 is 0 Å². The first-order valence-electron chi connectivity index (χ1n) is 4.96. The molecule has 0 radical (unpaired) electrons. The molecule has 0 aliphatic heterocycles. The molecule has 1 rings (SSSR count). The molecule has 0 atom stereocenters. The van der Waals surface area contributed by atoms with Gasteiger partial charge in [-0.15, -0.1) is 0 Å². The van der Waals surface area contributed by atoms with Crippen LogP contribution in [0.25, 0.3) is 12.2 Å². The lowest BCUT2D eigenvalue weighted by Crippen LogP contribution is -1.76. The summed E-state index contributed by atoms with van der Waals surface area (Å²) in [6.45, 7) is 9.46. The molecular weight excluding hydrogens is 180 g/mol. The van der Waals surface area contributed by atoms with E-state index < -0.39 is 0 Å². The minimum atomic E-state index is 1.14. The topological polar surface area (TPSA) is 0 Å². The molecule has 0 saturated carbocycles. The molecule has 15 heavy (non-hydrogen) atoms. The van der Waals surface area contributed by atoms with E-state index in [2.05, 4.69) is 38.3 Å². The van der Waals surface area contributed by atoms with Crippen molar-refractivity contribution in [2.24, 2.45) is 0 Å². The van der Waals surface area contributed by atoms with Gasteiger partial charge in [-0.1, -0.05) is 67.3 Å². The highest BCUT2D eigenvalue weighted by Crippen LogP contribution is 2.11. The van der Waals surface area contributed by atoms with Gasteiger partial charge in [0.05, 0.1) is 0 Å². The van der Waals surface area contributed by atoms with E-state index in [0.29, 0.717) is 0 Å². The molecule has 0 fully saturated rings. The van der Waals surface area contributed by atoms with Crippen molar-refractivity contribution >= 4 is 12.2 Å². The number of rotatable bonds is 4. The molecule has 0 bridgehead atoms. The fraction of sp³-hybridized carbons (Fsp3) is 0.0667. The minimum Gasteiger partial charge on any atom is -0.0991 e. The van der Waals surface area contributed by atoms with Crippen LogP contribution < -0.4 is 0 Å². The molecule has 76 valence electrons. The van der Waals surface area contributed by atoms with Gasteiger partial charge in [0.1, 0.15) is 0 Å². The lowest BCUT2D eigenvalue weighted by Gasteiger charge is -1.97. The van der Waals surface area contributed by atoms with Crippen LogP contribution in [0.5, 0.6) is 0 Å². The van der Waals surface area contributed by atoms with Gasteiger partial charge < -0.3 is 0 Å². The van der Waals surface area contributed by atoms with E-state index >= 15 is 0 Å². The van der Waals surface area contributed by atoms with Gasteiger partial charge in [0.2, 0.25) is 0 Å². The zero-order chi connectivity index (χ0) is 11.1. The van der Waals surface area contributed by atoms with E-state index in [9.17, 15) is 0 Å². The summed E-state index contributed by atoms with van der Waals surface area (Å²) in [6.07, 6.45) is 9.73. The van der Waals surface area contributed by atoms with Crippen molar-refractivity contribution in [1.29, 1.82) is 0 Å². The van der Waals surface area contributed by atoms with Crippen LogP contribution >= 0.6 is 0 Å². The Morgan fingerprint density at radius 3 is 2.60 bits per heavy atom. The van der Waals surface area contributed by atoms with E-state index in [-0.39, 0.29) is 0 Å². The monoisotopic (exact) mass is 196 g/mol. The number of hydrogen-bond acceptors (Lipinski definition) is 0.